The molecule has 0 bridgehead atoms. The number of aromatic nitrogens is 1. The van der Waals surface area contributed by atoms with Gasteiger partial charge in [0.05, 0.1) is 4.92 Å². The van der Waals surface area contributed by atoms with E-state index in [4.69, 9.17) is 11.6 Å². The molecule has 1 N–H and O–H groups in total. The molecule has 20 heavy (non-hydrogen) atoms. The van der Waals surface area contributed by atoms with Gasteiger partial charge in [-0.2, -0.15) is 0 Å². The second kappa shape index (κ2) is 5.66. The molecular formula is C13H10ClN3O3. The Labute approximate surface area is 119 Å². The minimum Gasteiger partial charge on any atom is -0.306 e. The molecule has 0 aliphatic rings. The van der Waals surface area contributed by atoms with Crippen LogP contribution in [-0.2, 0) is 0 Å². The maximum absolute atomic E-state index is 12.1. The highest BCUT2D eigenvalue weighted by molar-refractivity contribution is 6.30. The van der Waals surface area contributed by atoms with E-state index in [9.17, 15) is 14.9 Å². The standard InChI is InChI=1S/C13H10ClN3O3/c1-8-3-2-4-10(12(8)17(19)20)13(18)16-11-7-9(14)5-6-15-11/h2-7H,1H3,(H,15,16,18). The first-order valence-electron chi connectivity index (χ1n) is 5.66. The predicted octanol–water partition coefficient (Wildman–Crippen LogP) is 3.20. The molecule has 0 atom stereocenters. The van der Waals surface area contributed by atoms with Gasteiger partial charge in [0.2, 0.25) is 0 Å². The average Bonchev–Trinajstić information content (AvgIpc) is 2.37. The number of hydrogen-bond donors (Lipinski definition) is 1. The molecule has 0 fully saturated rings. The van der Waals surface area contributed by atoms with Crippen LogP contribution in [0.3, 0.4) is 0 Å². The fraction of sp³-hybridized carbons (Fsp3) is 0.0769. The molecule has 0 aliphatic carbocycles. The number of halogens is 1. The van der Waals surface area contributed by atoms with Crippen molar-refractivity contribution in [3.63, 3.8) is 0 Å². The zero-order chi connectivity index (χ0) is 14.7. The molecule has 0 saturated carbocycles. The lowest BCUT2D eigenvalue weighted by atomic mass is 10.1. The number of anilines is 1. The number of pyridine rings is 1. The highest BCUT2D eigenvalue weighted by Gasteiger charge is 2.22. The number of nitro benzene ring substituents is 1. The summed E-state index contributed by atoms with van der Waals surface area (Å²) in [6.45, 7) is 1.58. The number of aryl methyl sites for hydroxylation is 1. The van der Waals surface area contributed by atoms with Crippen molar-refractivity contribution in [1.29, 1.82) is 0 Å². The lowest BCUT2D eigenvalue weighted by Gasteiger charge is -2.06. The number of amides is 1. The van der Waals surface area contributed by atoms with Crippen LogP contribution in [0.5, 0.6) is 0 Å². The Bertz CT molecular complexity index is 688. The topological polar surface area (TPSA) is 85.1 Å². The Morgan fingerprint density at radius 3 is 2.80 bits per heavy atom. The van der Waals surface area contributed by atoms with E-state index in [0.29, 0.717) is 10.6 Å². The van der Waals surface area contributed by atoms with Gasteiger partial charge >= 0.3 is 0 Å². The Hall–Kier alpha value is -2.47. The third kappa shape index (κ3) is 2.92. The fourth-order valence-electron chi connectivity index (χ4n) is 1.74. The van der Waals surface area contributed by atoms with Crippen molar-refractivity contribution in [3.8, 4) is 0 Å². The molecule has 0 spiro atoms. The van der Waals surface area contributed by atoms with Gasteiger partial charge in [-0.25, -0.2) is 4.98 Å². The number of carbonyl (C=O) groups is 1. The van der Waals surface area contributed by atoms with Crippen molar-refractivity contribution in [2.24, 2.45) is 0 Å². The van der Waals surface area contributed by atoms with Gasteiger partial charge in [-0.1, -0.05) is 23.7 Å². The minimum absolute atomic E-state index is 0.0169. The molecule has 0 saturated heterocycles. The first-order chi connectivity index (χ1) is 9.49. The number of para-hydroxylation sites is 1. The van der Waals surface area contributed by atoms with E-state index in [1.807, 2.05) is 0 Å². The Morgan fingerprint density at radius 1 is 1.40 bits per heavy atom. The Morgan fingerprint density at radius 2 is 2.15 bits per heavy atom. The second-order valence-corrected chi connectivity index (χ2v) is 4.48. The molecule has 2 aromatic rings. The maximum Gasteiger partial charge on any atom is 0.285 e. The van der Waals surface area contributed by atoms with Crippen molar-refractivity contribution in [3.05, 3.63) is 62.8 Å². The molecule has 6 nitrogen and oxygen atoms in total. The third-order valence-electron chi connectivity index (χ3n) is 2.63. The van der Waals surface area contributed by atoms with E-state index < -0.39 is 10.8 Å². The van der Waals surface area contributed by atoms with E-state index in [1.54, 1.807) is 25.1 Å². The monoisotopic (exact) mass is 291 g/mol. The molecule has 7 heteroatoms. The molecule has 0 unspecified atom stereocenters. The number of carbonyl (C=O) groups excluding carboxylic acids is 1. The fourth-order valence-corrected chi connectivity index (χ4v) is 1.90. The number of hydrogen-bond acceptors (Lipinski definition) is 4. The molecule has 1 aromatic heterocycles. The largest absolute Gasteiger partial charge is 0.306 e. The van der Waals surface area contributed by atoms with Crippen LogP contribution in [0.1, 0.15) is 15.9 Å². The summed E-state index contributed by atoms with van der Waals surface area (Å²) >= 11 is 5.78. The summed E-state index contributed by atoms with van der Waals surface area (Å²) in [5.41, 5.74) is 0.186. The number of rotatable bonds is 3. The number of nitrogens with one attached hydrogen (secondary N) is 1. The summed E-state index contributed by atoms with van der Waals surface area (Å²) in [5.74, 6) is -0.367. The van der Waals surface area contributed by atoms with E-state index in [1.165, 1.54) is 18.3 Å². The Kier molecular flexibility index (Phi) is 3.95. The Balaban J connectivity index is 2.35. The molecule has 0 aliphatic heterocycles. The van der Waals surface area contributed by atoms with Gasteiger partial charge < -0.3 is 5.32 Å². The normalized spacial score (nSPS) is 10.1. The van der Waals surface area contributed by atoms with Crippen molar-refractivity contribution in [2.45, 2.75) is 6.92 Å². The highest BCUT2D eigenvalue weighted by Crippen LogP contribution is 2.24. The van der Waals surface area contributed by atoms with Gasteiger partial charge in [-0.15, -0.1) is 0 Å². The lowest BCUT2D eigenvalue weighted by Crippen LogP contribution is -2.15. The quantitative estimate of drug-likeness (QED) is 0.695. The third-order valence-corrected chi connectivity index (χ3v) is 2.86. The van der Waals surface area contributed by atoms with Gasteiger partial charge in [0, 0.05) is 16.8 Å². The summed E-state index contributed by atoms with van der Waals surface area (Å²) in [5, 5.41) is 13.9. The summed E-state index contributed by atoms with van der Waals surface area (Å²) in [6.07, 6.45) is 1.43. The van der Waals surface area contributed by atoms with Crippen molar-refractivity contribution >= 4 is 29.0 Å². The first-order valence-corrected chi connectivity index (χ1v) is 6.04. The van der Waals surface area contributed by atoms with Crippen LogP contribution in [0.4, 0.5) is 11.5 Å². The number of benzene rings is 1. The van der Waals surface area contributed by atoms with Crippen LogP contribution in [0.15, 0.2) is 36.5 Å². The number of nitrogens with zero attached hydrogens (tertiary/aromatic N) is 2. The lowest BCUT2D eigenvalue weighted by molar-refractivity contribution is -0.385. The van der Waals surface area contributed by atoms with Crippen LogP contribution < -0.4 is 5.32 Å². The summed E-state index contributed by atoms with van der Waals surface area (Å²) < 4.78 is 0. The van der Waals surface area contributed by atoms with E-state index >= 15 is 0 Å². The highest BCUT2D eigenvalue weighted by atomic mass is 35.5. The average molecular weight is 292 g/mol. The van der Waals surface area contributed by atoms with Gasteiger partial charge in [-0.3, -0.25) is 14.9 Å². The summed E-state index contributed by atoms with van der Waals surface area (Å²) in [4.78, 5) is 26.5. The minimum atomic E-state index is -0.602. The van der Waals surface area contributed by atoms with Crippen LogP contribution in [0.2, 0.25) is 5.02 Å². The smallest absolute Gasteiger partial charge is 0.285 e. The van der Waals surface area contributed by atoms with Gasteiger partial charge in [0.15, 0.2) is 0 Å². The predicted molar refractivity (Wildman–Crippen MR) is 75.0 cm³/mol. The first kappa shape index (κ1) is 14.0. The number of nitro groups is 1. The van der Waals surface area contributed by atoms with Gasteiger partial charge in [0.1, 0.15) is 11.4 Å². The maximum atomic E-state index is 12.1. The van der Waals surface area contributed by atoms with Crippen LogP contribution >= 0.6 is 11.6 Å². The van der Waals surface area contributed by atoms with Crippen LogP contribution in [0, 0.1) is 17.0 Å². The molecule has 0 radical (unpaired) electrons. The summed E-state index contributed by atoms with van der Waals surface area (Å²) in [6, 6.07) is 7.58. The van der Waals surface area contributed by atoms with Crippen molar-refractivity contribution in [1.82, 2.24) is 4.98 Å². The molecule has 1 aromatic carbocycles. The molecule has 1 heterocycles. The van der Waals surface area contributed by atoms with Gasteiger partial charge in [-0.05, 0) is 25.1 Å². The van der Waals surface area contributed by atoms with Crippen LogP contribution in [0.25, 0.3) is 0 Å². The van der Waals surface area contributed by atoms with Crippen LogP contribution in [-0.4, -0.2) is 15.8 Å². The van der Waals surface area contributed by atoms with Gasteiger partial charge in [0.25, 0.3) is 11.6 Å². The van der Waals surface area contributed by atoms with E-state index in [0.717, 1.165) is 0 Å². The van der Waals surface area contributed by atoms with E-state index in [-0.39, 0.29) is 17.1 Å². The SMILES string of the molecule is Cc1cccc(C(=O)Nc2cc(Cl)ccn2)c1[N+](=O)[O-]. The van der Waals surface area contributed by atoms with E-state index in [2.05, 4.69) is 10.3 Å². The van der Waals surface area contributed by atoms with Crippen molar-refractivity contribution in [2.75, 3.05) is 5.32 Å². The van der Waals surface area contributed by atoms with Crippen molar-refractivity contribution < 1.29 is 9.72 Å². The molecule has 1 amide bonds. The molecular weight excluding hydrogens is 282 g/mol. The second-order valence-electron chi connectivity index (χ2n) is 4.04. The molecule has 102 valence electrons. The molecule has 2 rings (SSSR count). The zero-order valence-corrected chi connectivity index (χ0v) is 11.2. The summed E-state index contributed by atoms with van der Waals surface area (Å²) in [7, 11) is 0. The zero-order valence-electron chi connectivity index (χ0n) is 10.5.